The van der Waals surface area contributed by atoms with Crippen LogP contribution in [0.2, 0.25) is 0 Å². The first-order valence-corrected chi connectivity index (χ1v) is 6.24. The van der Waals surface area contributed by atoms with E-state index in [1.54, 1.807) is 0 Å². The third-order valence-electron chi connectivity index (χ3n) is 3.38. The Morgan fingerprint density at radius 3 is 2.53 bits per heavy atom. The first kappa shape index (κ1) is 12.1. The largest absolute Gasteiger partial charge is 0.354 e. The van der Waals surface area contributed by atoms with Gasteiger partial charge in [-0.3, -0.25) is 4.79 Å². The van der Waals surface area contributed by atoms with Gasteiger partial charge in [0.25, 0.3) is 0 Å². The summed E-state index contributed by atoms with van der Waals surface area (Å²) in [5.74, 6) is 0.219. The second-order valence-corrected chi connectivity index (χ2v) is 4.80. The minimum absolute atomic E-state index is 0.116. The molecule has 1 aromatic rings. The average Bonchev–Trinajstić information content (AvgIpc) is 3.12. The summed E-state index contributed by atoms with van der Waals surface area (Å²) in [6, 6.07) is 10.3. The topological polar surface area (TPSA) is 41.1 Å². The van der Waals surface area contributed by atoms with E-state index in [2.05, 4.69) is 22.8 Å². The van der Waals surface area contributed by atoms with Crippen molar-refractivity contribution in [3.05, 3.63) is 35.9 Å². The van der Waals surface area contributed by atoms with Gasteiger partial charge < -0.3 is 10.6 Å². The Balaban J connectivity index is 1.89. The van der Waals surface area contributed by atoms with E-state index < -0.39 is 0 Å². The zero-order chi connectivity index (χ0) is 12.1. The highest BCUT2D eigenvalue weighted by molar-refractivity contribution is 5.85. The summed E-state index contributed by atoms with van der Waals surface area (Å²) in [4.78, 5) is 12.1. The number of rotatable bonds is 6. The monoisotopic (exact) mass is 232 g/mol. The van der Waals surface area contributed by atoms with Crippen LogP contribution in [0.25, 0.3) is 0 Å². The number of nitrogens with one attached hydrogen (secondary N) is 2. The van der Waals surface area contributed by atoms with E-state index in [4.69, 9.17) is 0 Å². The molecule has 0 bridgehead atoms. The summed E-state index contributed by atoms with van der Waals surface area (Å²) in [6.45, 7) is 1.54. The van der Waals surface area contributed by atoms with E-state index in [9.17, 15) is 4.79 Å². The van der Waals surface area contributed by atoms with Crippen molar-refractivity contribution < 1.29 is 4.79 Å². The maximum Gasteiger partial charge on any atom is 0.226 e. The molecule has 0 saturated heterocycles. The van der Waals surface area contributed by atoms with Gasteiger partial charge in [-0.1, -0.05) is 30.3 Å². The maximum atomic E-state index is 12.1. The van der Waals surface area contributed by atoms with Crippen molar-refractivity contribution in [2.45, 2.75) is 19.3 Å². The normalized spacial score (nSPS) is 16.5. The van der Waals surface area contributed by atoms with Gasteiger partial charge in [0.1, 0.15) is 0 Å². The predicted molar refractivity (Wildman–Crippen MR) is 68.7 cm³/mol. The number of hydrogen-bond acceptors (Lipinski definition) is 2. The molecular formula is C14H20N2O. The summed E-state index contributed by atoms with van der Waals surface area (Å²) in [5.41, 5.74) is 1.14. The van der Waals surface area contributed by atoms with Crippen molar-refractivity contribution in [3.8, 4) is 0 Å². The van der Waals surface area contributed by atoms with Gasteiger partial charge in [0.15, 0.2) is 0 Å². The minimum Gasteiger partial charge on any atom is -0.354 e. The van der Waals surface area contributed by atoms with Crippen molar-refractivity contribution in [2.24, 2.45) is 5.41 Å². The number of likely N-dealkylation sites (N-methyl/N-ethyl adjacent to an activating group) is 1. The molecule has 17 heavy (non-hydrogen) atoms. The van der Waals surface area contributed by atoms with Crippen LogP contribution in [0, 0.1) is 5.41 Å². The standard InChI is InChI=1S/C14H20N2O/c1-15-9-10-16-13(17)14(7-8-14)11-12-5-3-2-4-6-12/h2-6,15H,7-11H2,1H3,(H,16,17). The molecule has 1 aliphatic rings. The van der Waals surface area contributed by atoms with Gasteiger partial charge in [-0.25, -0.2) is 0 Å². The third-order valence-corrected chi connectivity index (χ3v) is 3.38. The molecule has 0 spiro atoms. The fourth-order valence-corrected chi connectivity index (χ4v) is 2.11. The Morgan fingerprint density at radius 1 is 1.24 bits per heavy atom. The van der Waals surface area contributed by atoms with Gasteiger partial charge in [-0.05, 0) is 31.9 Å². The number of hydrogen-bond donors (Lipinski definition) is 2. The van der Waals surface area contributed by atoms with Gasteiger partial charge in [0.05, 0.1) is 5.41 Å². The van der Waals surface area contributed by atoms with Crippen molar-refractivity contribution in [1.29, 1.82) is 0 Å². The van der Waals surface area contributed by atoms with Crippen molar-refractivity contribution in [2.75, 3.05) is 20.1 Å². The molecule has 92 valence electrons. The number of amides is 1. The first-order valence-electron chi connectivity index (χ1n) is 6.24. The fourth-order valence-electron chi connectivity index (χ4n) is 2.11. The third kappa shape index (κ3) is 3.07. The molecule has 0 atom stereocenters. The molecule has 0 aliphatic heterocycles. The molecule has 2 rings (SSSR count). The first-order chi connectivity index (χ1) is 8.27. The molecule has 1 aromatic carbocycles. The fraction of sp³-hybridized carbons (Fsp3) is 0.500. The number of carbonyl (C=O) groups is 1. The Bertz CT molecular complexity index is 371. The molecule has 3 heteroatoms. The predicted octanol–water partition coefficient (Wildman–Crippen LogP) is 1.34. The number of carbonyl (C=O) groups excluding carboxylic acids is 1. The highest BCUT2D eigenvalue weighted by Crippen LogP contribution is 2.48. The number of benzene rings is 1. The van der Waals surface area contributed by atoms with Crippen molar-refractivity contribution in [1.82, 2.24) is 10.6 Å². The SMILES string of the molecule is CNCCNC(=O)C1(Cc2ccccc2)CC1. The van der Waals surface area contributed by atoms with Crippen molar-refractivity contribution in [3.63, 3.8) is 0 Å². The van der Waals surface area contributed by atoms with E-state index in [1.807, 2.05) is 25.2 Å². The molecule has 1 saturated carbocycles. The van der Waals surface area contributed by atoms with Crippen LogP contribution in [0.4, 0.5) is 0 Å². The zero-order valence-corrected chi connectivity index (χ0v) is 10.3. The zero-order valence-electron chi connectivity index (χ0n) is 10.3. The van der Waals surface area contributed by atoms with Crippen LogP contribution >= 0.6 is 0 Å². The molecule has 1 amide bonds. The molecular weight excluding hydrogens is 212 g/mol. The van der Waals surface area contributed by atoms with Crippen LogP contribution in [0.15, 0.2) is 30.3 Å². The van der Waals surface area contributed by atoms with Gasteiger partial charge in [0.2, 0.25) is 5.91 Å². The lowest BCUT2D eigenvalue weighted by Crippen LogP contribution is -2.37. The van der Waals surface area contributed by atoms with Gasteiger partial charge in [0, 0.05) is 13.1 Å². The van der Waals surface area contributed by atoms with E-state index in [1.165, 1.54) is 5.56 Å². The van der Waals surface area contributed by atoms with E-state index in [0.717, 1.165) is 25.8 Å². The molecule has 0 unspecified atom stereocenters. The van der Waals surface area contributed by atoms with Crippen LogP contribution < -0.4 is 10.6 Å². The summed E-state index contributed by atoms with van der Waals surface area (Å²) >= 11 is 0. The summed E-state index contributed by atoms with van der Waals surface area (Å²) < 4.78 is 0. The molecule has 0 heterocycles. The summed E-state index contributed by atoms with van der Waals surface area (Å²) in [7, 11) is 1.89. The molecule has 1 aliphatic carbocycles. The molecule has 0 radical (unpaired) electrons. The minimum atomic E-state index is -0.116. The van der Waals surface area contributed by atoms with Gasteiger partial charge in [-0.2, -0.15) is 0 Å². The second-order valence-electron chi connectivity index (χ2n) is 4.80. The second kappa shape index (κ2) is 5.32. The quantitative estimate of drug-likeness (QED) is 0.727. The Kier molecular flexibility index (Phi) is 3.79. The lowest BCUT2D eigenvalue weighted by atomic mass is 9.95. The smallest absolute Gasteiger partial charge is 0.226 e. The molecule has 2 N–H and O–H groups in total. The Hall–Kier alpha value is -1.35. The highest BCUT2D eigenvalue weighted by atomic mass is 16.2. The molecule has 3 nitrogen and oxygen atoms in total. The lowest BCUT2D eigenvalue weighted by Gasteiger charge is -2.15. The summed E-state index contributed by atoms with van der Waals surface area (Å²) in [5, 5.41) is 6.04. The van der Waals surface area contributed by atoms with Crippen LogP contribution in [-0.2, 0) is 11.2 Å². The summed E-state index contributed by atoms with van der Waals surface area (Å²) in [6.07, 6.45) is 2.92. The average molecular weight is 232 g/mol. The van der Waals surface area contributed by atoms with E-state index >= 15 is 0 Å². The maximum absolute atomic E-state index is 12.1. The van der Waals surface area contributed by atoms with E-state index in [-0.39, 0.29) is 11.3 Å². The molecule has 0 aromatic heterocycles. The Morgan fingerprint density at radius 2 is 1.94 bits per heavy atom. The van der Waals surface area contributed by atoms with E-state index in [0.29, 0.717) is 6.54 Å². The lowest BCUT2D eigenvalue weighted by molar-refractivity contribution is -0.126. The van der Waals surface area contributed by atoms with Crippen LogP contribution in [0.3, 0.4) is 0 Å². The van der Waals surface area contributed by atoms with Gasteiger partial charge in [-0.15, -0.1) is 0 Å². The van der Waals surface area contributed by atoms with Crippen LogP contribution in [0.1, 0.15) is 18.4 Å². The van der Waals surface area contributed by atoms with Gasteiger partial charge >= 0.3 is 0 Å². The highest BCUT2D eigenvalue weighted by Gasteiger charge is 2.49. The Labute approximate surface area is 103 Å². The van der Waals surface area contributed by atoms with Crippen molar-refractivity contribution >= 4 is 5.91 Å². The van der Waals surface area contributed by atoms with Crippen LogP contribution in [-0.4, -0.2) is 26.0 Å². The molecule has 1 fully saturated rings. The van der Waals surface area contributed by atoms with Crippen LogP contribution in [0.5, 0.6) is 0 Å².